The van der Waals surface area contributed by atoms with E-state index in [0.29, 0.717) is 65.2 Å². The van der Waals surface area contributed by atoms with Gasteiger partial charge in [-0.15, -0.1) is 4.33 Å². The Hall–Kier alpha value is -4.10. The summed E-state index contributed by atoms with van der Waals surface area (Å²) in [6, 6.07) is 8.76. The molecule has 0 saturated carbocycles. The summed E-state index contributed by atoms with van der Waals surface area (Å²) in [6.07, 6.45) is 8.82. The van der Waals surface area contributed by atoms with Crippen LogP contribution in [0.2, 0.25) is 0 Å². The van der Waals surface area contributed by atoms with E-state index in [-0.39, 0.29) is 37.1 Å². The second kappa shape index (κ2) is 16.3. The molecule has 0 aliphatic carbocycles. The molecule has 4 rings (SSSR count). The Morgan fingerprint density at radius 2 is 1.87 bits per heavy atom. The zero-order chi connectivity index (χ0) is 32.2. The number of hydroxylamine groups is 1. The number of amides is 2. The summed E-state index contributed by atoms with van der Waals surface area (Å²) in [5, 5.41) is 12.4. The lowest BCUT2D eigenvalue weighted by atomic mass is 10.2. The van der Waals surface area contributed by atoms with Crippen molar-refractivity contribution in [1.82, 2.24) is 15.4 Å². The van der Waals surface area contributed by atoms with Crippen LogP contribution in [0.1, 0.15) is 19.3 Å². The van der Waals surface area contributed by atoms with Gasteiger partial charge in [0.2, 0.25) is 5.89 Å². The molecule has 240 valence electrons. The molecule has 1 aliphatic rings. The van der Waals surface area contributed by atoms with Crippen LogP contribution in [0.4, 0.5) is 0 Å². The highest BCUT2D eigenvalue weighted by Crippen LogP contribution is 2.35. The molecule has 0 saturated heterocycles. The smallest absolute Gasteiger partial charge is 0.265 e. The molecule has 2 amide bonds. The van der Waals surface area contributed by atoms with E-state index in [1.807, 2.05) is 0 Å². The Balaban J connectivity index is 1.26. The largest absolute Gasteiger partial charge is 0.492 e. The fraction of sp³-hybridized carbons (Fsp3) is 0.286. The van der Waals surface area contributed by atoms with Crippen molar-refractivity contribution in [2.45, 2.75) is 30.7 Å². The van der Waals surface area contributed by atoms with Gasteiger partial charge >= 0.3 is 0 Å². The minimum Gasteiger partial charge on any atom is -0.492 e. The number of nitrogens with zero attached hydrogens (tertiary/aromatic N) is 3. The molecule has 2 aromatic heterocycles. The van der Waals surface area contributed by atoms with Crippen LogP contribution in [0, 0.1) is 0 Å². The second-order valence-corrected chi connectivity index (χ2v) is 11.8. The van der Waals surface area contributed by atoms with Gasteiger partial charge in [0.1, 0.15) is 18.1 Å². The monoisotopic (exact) mass is 663 g/mol. The first-order chi connectivity index (χ1) is 21.6. The predicted molar refractivity (Wildman–Crippen MR) is 158 cm³/mol. The molecule has 17 heteroatoms. The number of oxazole rings is 1. The summed E-state index contributed by atoms with van der Waals surface area (Å²) in [5.74, 6) is 0.700. The van der Waals surface area contributed by atoms with Gasteiger partial charge in [-0.05, 0) is 24.6 Å². The number of hydrogen-bond acceptors (Lipinski definition) is 13. The number of imide groups is 1. The summed E-state index contributed by atoms with van der Waals surface area (Å²) >= 11 is 0.733. The van der Waals surface area contributed by atoms with Gasteiger partial charge in [0, 0.05) is 61.3 Å². The Labute approximate surface area is 262 Å². The van der Waals surface area contributed by atoms with Crippen molar-refractivity contribution in [1.29, 1.82) is 0 Å². The molecule has 0 atom stereocenters. The van der Waals surface area contributed by atoms with E-state index in [0.717, 1.165) is 16.9 Å². The third-order valence-corrected chi connectivity index (χ3v) is 7.69. The number of rotatable bonds is 19. The van der Waals surface area contributed by atoms with Gasteiger partial charge in [0.25, 0.3) is 21.9 Å². The standard InChI is InChI=1S/C28H30N4O11S2/c1-20(41-30-11-15-32-26(33)7-8-27(32)34)4-2-16-39-23-6-5-22(18-25(23)44-43-42-35)24-19-29-28(40-24)21-9-13-31(14-10-21)12-3-17-45(36,37)38/h5-10,13-14,18-19,30H,1-4,11-12,15-17H2,(H-,35,36,37,38)/p+1. The Morgan fingerprint density at radius 1 is 1.11 bits per heavy atom. The lowest BCUT2D eigenvalue weighted by molar-refractivity contribution is -0.696. The highest BCUT2D eigenvalue weighted by Gasteiger charge is 2.22. The number of carbonyl (C=O) groups is 2. The summed E-state index contributed by atoms with van der Waals surface area (Å²) < 4.78 is 48.9. The highest BCUT2D eigenvalue weighted by atomic mass is 32.2. The Bertz CT molecular complexity index is 1610. The van der Waals surface area contributed by atoms with E-state index in [9.17, 15) is 18.0 Å². The molecule has 0 radical (unpaired) electrons. The van der Waals surface area contributed by atoms with Crippen molar-refractivity contribution in [3.63, 3.8) is 0 Å². The third-order valence-electron chi connectivity index (χ3n) is 6.26. The van der Waals surface area contributed by atoms with Crippen LogP contribution in [-0.2, 0) is 40.5 Å². The lowest BCUT2D eigenvalue weighted by Gasteiger charge is -2.15. The molecule has 0 spiro atoms. The van der Waals surface area contributed by atoms with Gasteiger partial charge < -0.3 is 14.0 Å². The summed E-state index contributed by atoms with van der Waals surface area (Å²) in [5.41, 5.74) is 4.04. The molecule has 0 fully saturated rings. The molecule has 1 aromatic carbocycles. The van der Waals surface area contributed by atoms with E-state index < -0.39 is 10.1 Å². The van der Waals surface area contributed by atoms with E-state index in [4.69, 9.17) is 23.8 Å². The first-order valence-electron chi connectivity index (χ1n) is 13.6. The van der Waals surface area contributed by atoms with E-state index in [1.165, 1.54) is 12.2 Å². The lowest BCUT2D eigenvalue weighted by Crippen LogP contribution is -2.36. The summed E-state index contributed by atoms with van der Waals surface area (Å²) in [7, 11) is -4.00. The third kappa shape index (κ3) is 10.5. The number of aryl methyl sites for hydroxylation is 1. The SMILES string of the molecule is C=C(CCCOc1ccc(-c2cnc(-c3cc[n+](CCCS(=O)(=O)O)cc3)o2)cc1SOOO)ONCCN1C(=O)C=CC1=O. The van der Waals surface area contributed by atoms with Gasteiger partial charge in [0.15, 0.2) is 18.2 Å². The maximum atomic E-state index is 11.5. The fourth-order valence-electron chi connectivity index (χ4n) is 4.08. The average Bonchev–Trinajstić information content (AvgIpc) is 3.63. The number of aromatic nitrogens is 2. The van der Waals surface area contributed by atoms with Crippen molar-refractivity contribution >= 4 is 34.0 Å². The Kier molecular flexibility index (Phi) is 12.2. The zero-order valence-electron chi connectivity index (χ0n) is 23.9. The minimum absolute atomic E-state index is 0.169. The number of carbonyl (C=O) groups excluding carboxylic acids is 2. The van der Waals surface area contributed by atoms with E-state index in [1.54, 1.807) is 53.5 Å². The van der Waals surface area contributed by atoms with Crippen LogP contribution in [0.5, 0.6) is 5.75 Å². The van der Waals surface area contributed by atoms with E-state index in [2.05, 4.69) is 26.4 Å². The topological polar surface area (TPSA) is 191 Å². The summed E-state index contributed by atoms with van der Waals surface area (Å²) in [4.78, 5) is 34.4. The van der Waals surface area contributed by atoms with Gasteiger partial charge in [-0.1, -0.05) is 11.6 Å². The van der Waals surface area contributed by atoms with Crippen molar-refractivity contribution in [3.8, 4) is 28.5 Å². The Morgan fingerprint density at radius 3 is 2.58 bits per heavy atom. The molecule has 0 unspecified atom stereocenters. The fourth-order valence-corrected chi connectivity index (χ4v) is 5.06. The van der Waals surface area contributed by atoms with Crippen LogP contribution in [-0.4, -0.2) is 65.4 Å². The van der Waals surface area contributed by atoms with E-state index >= 15 is 0 Å². The molecular formula is C28H31N4O11S2+. The molecule has 15 nitrogen and oxygen atoms in total. The number of nitrogens with one attached hydrogen (secondary N) is 1. The maximum absolute atomic E-state index is 11.5. The molecule has 3 heterocycles. The highest BCUT2D eigenvalue weighted by molar-refractivity contribution is 7.94. The van der Waals surface area contributed by atoms with Crippen molar-refractivity contribution in [3.05, 3.63) is 73.4 Å². The minimum atomic E-state index is -4.00. The molecule has 45 heavy (non-hydrogen) atoms. The van der Waals surface area contributed by atoms with Gasteiger partial charge in [-0.25, -0.2) is 14.8 Å². The number of benzene rings is 1. The number of hydrogen-bond donors (Lipinski definition) is 3. The normalized spacial score (nSPS) is 13.1. The maximum Gasteiger partial charge on any atom is 0.265 e. The molecule has 3 aromatic rings. The van der Waals surface area contributed by atoms with Crippen molar-refractivity contribution in [2.24, 2.45) is 0 Å². The number of allylic oxidation sites excluding steroid dienone is 1. The van der Waals surface area contributed by atoms with Crippen molar-refractivity contribution in [2.75, 3.05) is 25.4 Å². The van der Waals surface area contributed by atoms with Crippen LogP contribution >= 0.6 is 12.0 Å². The predicted octanol–water partition coefficient (Wildman–Crippen LogP) is 3.12. The molecule has 3 N–H and O–H groups in total. The van der Waals surface area contributed by atoms with Crippen LogP contribution in [0.15, 0.2) is 82.7 Å². The van der Waals surface area contributed by atoms with Gasteiger partial charge in [-0.3, -0.25) is 19.0 Å². The van der Waals surface area contributed by atoms with Crippen LogP contribution in [0.3, 0.4) is 0 Å². The average molecular weight is 664 g/mol. The van der Waals surface area contributed by atoms with Gasteiger partial charge in [0.05, 0.1) is 35.5 Å². The first kappa shape index (κ1) is 33.8. The number of ether oxygens (including phenoxy) is 1. The van der Waals surface area contributed by atoms with Gasteiger partial charge in [-0.2, -0.15) is 13.9 Å². The zero-order valence-corrected chi connectivity index (χ0v) is 25.5. The van der Waals surface area contributed by atoms with Crippen molar-refractivity contribution < 1.29 is 55.7 Å². The van der Waals surface area contributed by atoms with Crippen LogP contribution in [0.25, 0.3) is 22.8 Å². The van der Waals surface area contributed by atoms with Crippen LogP contribution < -0.4 is 14.8 Å². The quantitative estimate of drug-likeness (QED) is 0.0248. The second-order valence-electron chi connectivity index (χ2n) is 9.53. The molecule has 0 bridgehead atoms. The molecular weight excluding hydrogens is 632 g/mol. The molecule has 1 aliphatic heterocycles. The first-order valence-corrected chi connectivity index (χ1v) is 15.9. The number of pyridine rings is 1. The summed E-state index contributed by atoms with van der Waals surface area (Å²) in [6.45, 7) is 4.96.